The molecule has 0 radical (unpaired) electrons. The fraction of sp³-hybridized carbons (Fsp3) is 0.706. The Kier molecular flexibility index (Phi) is 8.37. The van der Waals surface area contributed by atoms with Crippen molar-refractivity contribution in [2.24, 2.45) is 11.8 Å². The second-order valence-electron chi connectivity index (χ2n) is 6.27. The lowest BCUT2D eigenvalue weighted by Gasteiger charge is -2.16. The topological polar surface area (TPSA) is 72.5 Å². The van der Waals surface area contributed by atoms with Gasteiger partial charge in [-0.1, -0.05) is 37.6 Å². The number of rotatable bonds is 7. The maximum Gasteiger partial charge on any atom is 0.354 e. The molecule has 1 fully saturated rings. The number of allylic oxidation sites excluding steroid dienone is 1. The van der Waals surface area contributed by atoms with Crippen LogP contribution in [0.2, 0.25) is 0 Å². The van der Waals surface area contributed by atoms with Crippen LogP contribution in [0.4, 0.5) is 0 Å². The van der Waals surface area contributed by atoms with Crippen LogP contribution in [0, 0.1) is 11.8 Å². The van der Waals surface area contributed by atoms with Crippen molar-refractivity contribution in [3.05, 3.63) is 11.8 Å². The molecule has 1 aliphatic rings. The van der Waals surface area contributed by atoms with E-state index in [1.54, 1.807) is 20.8 Å². The minimum atomic E-state index is -0.494. The molecular weight excluding hydrogens is 314 g/mol. The zero-order valence-corrected chi connectivity index (χ0v) is 15.2. The van der Waals surface area contributed by atoms with Crippen molar-refractivity contribution >= 4 is 28.8 Å². The predicted molar refractivity (Wildman–Crippen MR) is 91.7 cm³/mol. The van der Waals surface area contributed by atoms with Crippen LogP contribution in [-0.4, -0.2) is 28.8 Å². The Hall–Kier alpha value is -1.30. The van der Waals surface area contributed by atoms with Gasteiger partial charge in [-0.05, 0) is 32.6 Å². The normalized spacial score (nSPS) is 17.2. The molecule has 0 saturated heterocycles. The van der Waals surface area contributed by atoms with Crippen LogP contribution in [0.3, 0.4) is 0 Å². The number of carbonyl (C=O) groups excluding carboxylic acids is 3. The highest BCUT2D eigenvalue weighted by atomic mass is 32.2. The number of hydrogen-bond donors (Lipinski definition) is 1. The number of amides is 1. The van der Waals surface area contributed by atoms with E-state index in [2.05, 4.69) is 5.32 Å². The molecule has 130 valence electrons. The highest BCUT2D eigenvalue weighted by Gasteiger charge is 2.22. The number of hydrogen-bond acceptors (Lipinski definition) is 5. The first kappa shape index (κ1) is 19.7. The molecule has 5 nitrogen and oxygen atoms in total. The Balaban J connectivity index is 2.73. The molecule has 1 unspecified atom stereocenters. The summed E-state index contributed by atoms with van der Waals surface area (Å²) in [5.41, 5.74) is 0.232. The van der Waals surface area contributed by atoms with Gasteiger partial charge in [-0.2, -0.15) is 0 Å². The van der Waals surface area contributed by atoms with Crippen LogP contribution in [0.15, 0.2) is 11.8 Å². The van der Waals surface area contributed by atoms with E-state index in [0.717, 1.165) is 37.4 Å². The molecule has 0 aliphatic heterocycles. The smallest absolute Gasteiger partial charge is 0.354 e. The van der Waals surface area contributed by atoms with Crippen molar-refractivity contribution in [2.75, 3.05) is 5.75 Å². The minimum Gasteiger partial charge on any atom is -0.458 e. The molecule has 1 rings (SSSR count). The van der Waals surface area contributed by atoms with E-state index in [1.165, 1.54) is 6.92 Å². The molecule has 0 spiro atoms. The maximum absolute atomic E-state index is 12.2. The molecule has 0 aromatic rings. The SMILES string of the molecule is CC(=O)SCC(C)C(=O)N/C(=C/C1CCCC1)C(=O)OC(C)C. The van der Waals surface area contributed by atoms with Crippen LogP contribution in [0.25, 0.3) is 0 Å². The van der Waals surface area contributed by atoms with Gasteiger partial charge in [0.15, 0.2) is 5.12 Å². The summed E-state index contributed by atoms with van der Waals surface area (Å²) < 4.78 is 5.22. The predicted octanol–water partition coefficient (Wildman–Crippen LogP) is 3.04. The summed E-state index contributed by atoms with van der Waals surface area (Å²) in [5, 5.41) is 2.67. The second-order valence-corrected chi connectivity index (χ2v) is 7.47. The Bertz CT molecular complexity index is 467. The molecule has 6 heteroatoms. The maximum atomic E-state index is 12.2. The summed E-state index contributed by atoms with van der Waals surface area (Å²) >= 11 is 1.11. The number of thioether (sulfide) groups is 1. The van der Waals surface area contributed by atoms with Crippen LogP contribution in [0.5, 0.6) is 0 Å². The van der Waals surface area contributed by atoms with Gasteiger partial charge in [0.2, 0.25) is 5.91 Å². The van der Waals surface area contributed by atoms with Crippen LogP contribution < -0.4 is 5.32 Å². The molecule has 1 saturated carbocycles. The summed E-state index contributed by atoms with van der Waals surface area (Å²) in [6, 6.07) is 0. The van der Waals surface area contributed by atoms with Gasteiger partial charge in [0.05, 0.1) is 6.10 Å². The Morgan fingerprint density at radius 2 is 1.83 bits per heavy atom. The summed E-state index contributed by atoms with van der Waals surface area (Å²) in [6.07, 6.45) is 5.95. The fourth-order valence-electron chi connectivity index (χ4n) is 2.37. The average Bonchev–Trinajstić information content (AvgIpc) is 2.96. The molecule has 0 aromatic heterocycles. The van der Waals surface area contributed by atoms with E-state index >= 15 is 0 Å². The molecule has 1 N–H and O–H groups in total. The molecular formula is C17H27NO4S. The monoisotopic (exact) mass is 341 g/mol. The number of esters is 1. The molecule has 23 heavy (non-hydrogen) atoms. The molecule has 1 atom stereocenters. The van der Waals surface area contributed by atoms with Crippen LogP contribution >= 0.6 is 11.8 Å². The second kappa shape index (κ2) is 9.75. The van der Waals surface area contributed by atoms with Gasteiger partial charge < -0.3 is 10.1 Å². The van der Waals surface area contributed by atoms with Crippen molar-refractivity contribution in [1.29, 1.82) is 0 Å². The largest absolute Gasteiger partial charge is 0.458 e. The fourth-order valence-corrected chi connectivity index (χ4v) is 3.01. The van der Waals surface area contributed by atoms with Gasteiger partial charge in [0, 0.05) is 18.6 Å². The Morgan fingerprint density at radius 1 is 1.22 bits per heavy atom. The third-order valence-corrected chi connectivity index (χ3v) is 4.68. The van der Waals surface area contributed by atoms with E-state index in [4.69, 9.17) is 4.74 Å². The lowest BCUT2D eigenvalue weighted by molar-refractivity contribution is -0.144. The van der Waals surface area contributed by atoms with E-state index in [9.17, 15) is 14.4 Å². The quantitative estimate of drug-likeness (QED) is 0.569. The number of nitrogens with one attached hydrogen (secondary N) is 1. The Labute approximate surface area is 142 Å². The average molecular weight is 341 g/mol. The molecule has 0 heterocycles. The summed E-state index contributed by atoms with van der Waals surface area (Å²) in [4.78, 5) is 35.4. The van der Waals surface area contributed by atoms with E-state index < -0.39 is 5.97 Å². The van der Waals surface area contributed by atoms with E-state index in [-0.39, 0.29) is 28.7 Å². The summed E-state index contributed by atoms with van der Waals surface area (Å²) in [5.74, 6) is -0.401. The zero-order valence-electron chi connectivity index (χ0n) is 14.4. The van der Waals surface area contributed by atoms with Crippen molar-refractivity contribution in [1.82, 2.24) is 5.32 Å². The van der Waals surface area contributed by atoms with Gasteiger partial charge in [-0.3, -0.25) is 9.59 Å². The minimum absolute atomic E-state index is 0.0226. The zero-order chi connectivity index (χ0) is 17.4. The van der Waals surface area contributed by atoms with Crippen LogP contribution in [-0.2, 0) is 19.1 Å². The lowest BCUT2D eigenvalue weighted by atomic mass is 10.1. The number of carbonyl (C=O) groups is 3. The molecule has 0 aromatic carbocycles. The highest BCUT2D eigenvalue weighted by Crippen LogP contribution is 2.26. The van der Waals surface area contributed by atoms with E-state index in [1.807, 2.05) is 6.08 Å². The Morgan fingerprint density at radius 3 is 2.35 bits per heavy atom. The first-order valence-electron chi connectivity index (χ1n) is 8.16. The first-order chi connectivity index (χ1) is 10.8. The molecule has 0 bridgehead atoms. The van der Waals surface area contributed by atoms with Gasteiger partial charge in [0.25, 0.3) is 0 Å². The summed E-state index contributed by atoms with van der Waals surface area (Å²) in [7, 11) is 0. The standard InChI is InChI=1S/C17H27NO4S/c1-11(2)22-17(21)15(9-14-7-5-6-8-14)18-16(20)12(3)10-23-13(4)19/h9,11-12,14H,5-8,10H2,1-4H3,(H,18,20)/b15-9+. The van der Waals surface area contributed by atoms with Crippen molar-refractivity contribution in [2.45, 2.75) is 59.5 Å². The van der Waals surface area contributed by atoms with E-state index in [0.29, 0.717) is 11.7 Å². The third-order valence-electron chi connectivity index (χ3n) is 3.61. The molecule has 1 aliphatic carbocycles. The van der Waals surface area contributed by atoms with Crippen molar-refractivity contribution < 1.29 is 19.1 Å². The lowest BCUT2D eigenvalue weighted by Crippen LogP contribution is -2.34. The molecule has 1 amide bonds. The van der Waals surface area contributed by atoms with Crippen molar-refractivity contribution in [3.8, 4) is 0 Å². The van der Waals surface area contributed by atoms with Crippen LogP contribution in [0.1, 0.15) is 53.4 Å². The number of ether oxygens (including phenoxy) is 1. The van der Waals surface area contributed by atoms with Gasteiger partial charge >= 0.3 is 5.97 Å². The van der Waals surface area contributed by atoms with Crippen molar-refractivity contribution in [3.63, 3.8) is 0 Å². The van der Waals surface area contributed by atoms with Gasteiger partial charge in [0.1, 0.15) is 5.70 Å². The third kappa shape index (κ3) is 7.68. The summed E-state index contributed by atoms with van der Waals surface area (Å²) in [6.45, 7) is 6.77. The highest BCUT2D eigenvalue weighted by molar-refractivity contribution is 8.13. The van der Waals surface area contributed by atoms with Gasteiger partial charge in [-0.25, -0.2) is 4.79 Å². The first-order valence-corrected chi connectivity index (χ1v) is 9.15. The van der Waals surface area contributed by atoms with Gasteiger partial charge in [-0.15, -0.1) is 0 Å².